The van der Waals surface area contributed by atoms with Crippen molar-refractivity contribution in [3.8, 4) is 0 Å². The lowest BCUT2D eigenvalue weighted by atomic mass is 10.1. The SMILES string of the molecule is CCCn1c(=O)c2c(n(CCCOC)c1=O)N=C(c1ccc(CCCCN3CCCC3=O)nc1)C2.CCCn1c(=O)c2c(n(CCCOC)c1=O)N=C(c1ccc(Cl)nc1)C2.NCCCN1CCCC1=O. The van der Waals surface area contributed by atoms with Crippen molar-refractivity contribution in [2.24, 2.45) is 15.7 Å². The fourth-order valence-electron chi connectivity index (χ4n) is 9.10. The first-order valence-corrected chi connectivity index (χ1v) is 25.5. The Bertz CT molecular complexity index is 2760. The molecular formula is C51H70ClN11O8. The summed E-state index contributed by atoms with van der Waals surface area (Å²) in [5.41, 5.74) is 9.47. The number of ether oxygens (including phenoxy) is 2. The largest absolute Gasteiger partial charge is 0.385 e. The highest BCUT2D eigenvalue weighted by atomic mass is 35.5. The smallest absolute Gasteiger partial charge is 0.332 e. The van der Waals surface area contributed by atoms with E-state index in [0.29, 0.717) is 125 Å². The number of carbonyl (C=O) groups excluding carboxylic acids is 2. The first-order chi connectivity index (χ1) is 34.4. The summed E-state index contributed by atoms with van der Waals surface area (Å²) >= 11 is 5.84. The van der Waals surface area contributed by atoms with E-state index in [1.165, 1.54) is 9.13 Å². The highest BCUT2D eigenvalue weighted by Crippen LogP contribution is 2.27. The molecule has 20 heteroatoms. The van der Waals surface area contributed by atoms with Crippen LogP contribution in [0.3, 0.4) is 0 Å². The van der Waals surface area contributed by atoms with Crippen molar-refractivity contribution in [2.75, 3.05) is 60.2 Å². The van der Waals surface area contributed by atoms with Gasteiger partial charge in [0.15, 0.2) is 0 Å². The second-order valence-corrected chi connectivity index (χ2v) is 18.4. The topological polar surface area (TPSA) is 224 Å². The van der Waals surface area contributed by atoms with Crippen LogP contribution in [0.5, 0.6) is 0 Å². The number of unbranched alkanes of at least 4 members (excludes halogenated alkanes) is 1. The van der Waals surface area contributed by atoms with Gasteiger partial charge < -0.3 is 25.0 Å². The molecule has 0 spiro atoms. The predicted octanol–water partition coefficient (Wildman–Crippen LogP) is 4.61. The van der Waals surface area contributed by atoms with Crippen molar-refractivity contribution in [3.63, 3.8) is 0 Å². The van der Waals surface area contributed by atoms with Crippen LogP contribution in [0.4, 0.5) is 11.6 Å². The van der Waals surface area contributed by atoms with Crippen molar-refractivity contribution < 1.29 is 19.1 Å². The number of rotatable bonds is 22. The van der Waals surface area contributed by atoms with Gasteiger partial charge in [-0.15, -0.1) is 0 Å². The van der Waals surface area contributed by atoms with Crippen LogP contribution in [-0.2, 0) is 64.5 Å². The summed E-state index contributed by atoms with van der Waals surface area (Å²) in [6, 6.07) is 7.50. The Hall–Kier alpha value is -5.89. The first-order valence-electron chi connectivity index (χ1n) is 25.1. The number of fused-ring (bicyclic) bond motifs is 2. The molecule has 2 fully saturated rings. The second kappa shape index (κ2) is 27.1. The van der Waals surface area contributed by atoms with Crippen molar-refractivity contribution in [2.45, 2.75) is 130 Å². The predicted molar refractivity (Wildman–Crippen MR) is 275 cm³/mol. The quantitative estimate of drug-likeness (QED) is 0.0846. The van der Waals surface area contributed by atoms with Gasteiger partial charge in [-0.3, -0.25) is 42.4 Å². The van der Waals surface area contributed by atoms with Gasteiger partial charge >= 0.3 is 11.4 Å². The molecule has 4 aliphatic rings. The van der Waals surface area contributed by atoms with Crippen LogP contribution in [0.2, 0.25) is 5.15 Å². The number of methoxy groups -OCH3 is 2. The summed E-state index contributed by atoms with van der Waals surface area (Å²) in [4.78, 5) is 96.2. The van der Waals surface area contributed by atoms with Gasteiger partial charge in [-0.1, -0.05) is 25.4 Å². The summed E-state index contributed by atoms with van der Waals surface area (Å²) < 4.78 is 16.1. The van der Waals surface area contributed by atoms with E-state index in [1.54, 1.807) is 35.6 Å². The van der Waals surface area contributed by atoms with Gasteiger partial charge in [-0.05, 0) is 95.0 Å². The number of nitrogens with zero attached hydrogens (tertiary/aromatic N) is 10. The van der Waals surface area contributed by atoms with Crippen LogP contribution in [0.25, 0.3) is 0 Å². The highest BCUT2D eigenvalue weighted by molar-refractivity contribution is 6.29. The maximum absolute atomic E-state index is 13.1. The van der Waals surface area contributed by atoms with E-state index in [0.717, 1.165) is 99.4 Å². The molecule has 2 N–H and O–H groups in total. The average molecular weight is 1000 g/mol. The molecule has 0 bridgehead atoms. The summed E-state index contributed by atoms with van der Waals surface area (Å²) in [5, 5.41) is 0.395. The van der Waals surface area contributed by atoms with Crippen molar-refractivity contribution in [1.82, 2.24) is 38.0 Å². The van der Waals surface area contributed by atoms with Crippen LogP contribution in [0.15, 0.2) is 65.8 Å². The number of halogens is 1. The van der Waals surface area contributed by atoms with Crippen molar-refractivity contribution >= 4 is 46.5 Å². The van der Waals surface area contributed by atoms with Gasteiger partial charge in [0.1, 0.15) is 16.8 Å². The summed E-state index contributed by atoms with van der Waals surface area (Å²) in [6.45, 7) is 10.9. The molecule has 4 aromatic heterocycles. The Kier molecular flexibility index (Phi) is 20.8. The molecule has 2 saturated heterocycles. The number of amides is 2. The monoisotopic (exact) mass is 1000 g/mol. The number of likely N-dealkylation sites (tertiary alicyclic amines) is 2. The molecule has 0 aliphatic carbocycles. The summed E-state index contributed by atoms with van der Waals surface area (Å²) in [5.74, 6) is 1.50. The lowest BCUT2D eigenvalue weighted by molar-refractivity contribution is -0.128. The zero-order chi connectivity index (χ0) is 50.9. The zero-order valence-corrected chi connectivity index (χ0v) is 42.6. The van der Waals surface area contributed by atoms with Gasteiger partial charge in [0.2, 0.25) is 11.8 Å². The molecule has 0 aromatic carbocycles. The molecule has 0 radical (unpaired) electrons. The Labute approximate surface area is 419 Å². The molecular weight excluding hydrogens is 930 g/mol. The molecule has 4 aliphatic heterocycles. The third kappa shape index (κ3) is 14.0. The van der Waals surface area contributed by atoms with Crippen LogP contribution in [0, 0.1) is 0 Å². The minimum absolute atomic E-state index is 0.241. The van der Waals surface area contributed by atoms with Crippen LogP contribution < -0.4 is 28.2 Å². The van der Waals surface area contributed by atoms with Crippen LogP contribution in [-0.4, -0.2) is 121 Å². The molecule has 384 valence electrons. The molecule has 8 rings (SSSR count). The third-order valence-corrected chi connectivity index (χ3v) is 13.0. The molecule has 2 amide bonds. The maximum Gasteiger partial charge on any atom is 0.332 e. The van der Waals surface area contributed by atoms with Crippen LogP contribution in [0.1, 0.15) is 112 Å². The molecule has 71 heavy (non-hydrogen) atoms. The molecule has 0 saturated carbocycles. The van der Waals surface area contributed by atoms with E-state index in [2.05, 4.69) is 15.0 Å². The maximum atomic E-state index is 13.1. The Morgan fingerprint density at radius 2 is 1.08 bits per heavy atom. The molecule has 19 nitrogen and oxygen atoms in total. The van der Waals surface area contributed by atoms with Crippen LogP contribution >= 0.6 is 11.6 Å². The number of aliphatic imine (C=N–C) groups is 2. The van der Waals surface area contributed by atoms with Gasteiger partial charge in [-0.25, -0.2) is 24.6 Å². The normalized spacial score (nSPS) is 14.8. The van der Waals surface area contributed by atoms with Gasteiger partial charge in [-0.2, -0.15) is 0 Å². The number of hydrogen-bond donors (Lipinski definition) is 1. The zero-order valence-electron chi connectivity index (χ0n) is 41.8. The lowest BCUT2D eigenvalue weighted by Crippen LogP contribution is -2.41. The Morgan fingerprint density at radius 3 is 1.49 bits per heavy atom. The van der Waals surface area contributed by atoms with Gasteiger partial charge in [0.05, 0.1) is 22.6 Å². The van der Waals surface area contributed by atoms with Gasteiger partial charge in [0, 0.05) is 135 Å². The number of nitrogens with two attached hydrogens (primary N) is 1. The lowest BCUT2D eigenvalue weighted by Gasteiger charge is -2.14. The second-order valence-electron chi connectivity index (χ2n) is 18.0. The number of carbonyl (C=O) groups is 2. The number of aromatic nitrogens is 6. The molecule has 0 unspecified atom stereocenters. The minimum atomic E-state index is -0.314. The third-order valence-electron chi connectivity index (χ3n) is 12.8. The summed E-state index contributed by atoms with van der Waals surface area (Å²) in [7, 11) is 3.25. The van der Waals surface area contributed by atoms with Gasteiger partial charge in [0.25, 0.3) is 11.1 Å². The fraction of sp³-hybridized carbons (Fsp3) is 0.569. The molecule has 4 aromatic rings. The average Bonchev–Trinajstić information content (AvgIpc) is 4.21. The van der Waals surface area contributed by atoms with E-state index in [9.17, 15) is 28.8 Å². The van der Waals surface area contributed by atoms with E-state index in [1.807, 2.05) is 48.0 Å². The van der Waals surface area contributed by atoms with E-state index < -0.39 is 0 Å². The molecule has 0 atom stereocenters. The number of pyridine rings is 2. The van der Waals surface area contributed by atoms with Crippen molar-refractivity contribution in [1.29, 1.82) is 0 Å². The highest BCUT2D eigenvalue weighted by Gasteiger charge is 2.28. The first kappa shape index (κ1) is 54.4. The van der Waals surface area contributed by atoms with Crippen molar-refractivity contribution in [3.05, 3.63) is 111 Å². The van der Waals surface area contributed by atoms with E-state index in [4.69, 9.17) is 31.8 Å². The Morgan fingerprint density at radius 1 is 0.592 bits per heavy atom. The standard InChI is InChI=1S/C26H35N5O4.C18H21ClN4O3.C7H14N2O/c1-3-12-31-25(33)21-17-22(28-24(21)30(26(31)34)15-7-16-35-2)19-10-11-20(27-18-19)8-4-5-13-29-14-6-9-23(29)32;1-3-7-23-17(24)13-10-14(12-5-6-15(19)20-11-12)21-16(13)22(18(23)25)8-4-9-26-2;8-4-2-6-9-5-1-3-7(9)10/h10-11,18H,3-9,12-17H2,1-2H3;5-6,11H,3-4,7-10H2,1-2H3;1-6,8H2. The summed E-state index contributed by atoms with van der Waals surface area (Å²) in [6.07, 6.45) is 14.1. The van der Waals surface area contributed by atoms with E-state index >= 15 is 0 Å². The number of aryl methyl sites for hydroxylation is 1. The number of hydrogen-bond acceptors (Lipinski definition) is 13. The fourth-order valence-corrected chi connectivity index (χ4v) is 9.21. The Balaban J connectivity index is 0.000000200. The minimum Gasteiger partial charge on any atom is -0.385 e. The van der Waals surface area contributed by atoms with E-state index in [-0.39, 0.29) is 28.4 Å². The molecule has 8 heterocycles.